The highest BCUT2D eigenvalue weighted by molar-refractivity contribution is 5.78. The first kappa shape index (κ1) is 10.2. The Balaban J connectivity index is 2.13. The van der Waals surface area contributed by atoms with Crippen LogP contribution in [-0.2, 0) is 4.79 Å². The summed E-state index contributed by atoms with van der Waals surface area (Å²) in [6, 6.07) is 8.56. The lowest BCUT2D eigenvalue weighted by Gasteiger charge is -2.11. The zero-order valence-electron chi connectivity index (χ0n) is 9.08. The van der Waals surface area contributed by atoms with Gasteiger partial charge in [0.2, 0.25) is 5.91 Å². The first-order valence-corrected chi connectivity index (χ1v) is 5.31. The van der Waals surface area contributed by atoms with Crippen LogP contribution in [0.4, 0.5) is 0 Å². The normalized spacial score (nSPS) is 20.7. The minimum Gasteiger partial charge on any atom is -0.291 e. The van der Waals surface area contributed by atoms with Crippen LogP contribution in [0.3, 0.4) is 0 Å². The summed E-state index contributed by atoms with van der Waals surface area (Å²) in [5.74, 6) is 0.614. The standard InChI is InChI=1S/C12H16N2O/c1-8(2)9-3-5-10(6-4-9)11-7-12(15)14-13-11/h3-6,8,11,13H,7H2,1-2H3,(H,14,15). The predicted molar refractivity (Wildman–Crippen MR) is 59.2 cm³/mol. The molecule has 1 atom stereocenters. The maximum absolute atomic E-state index is 11.0. The molecule has 1 aliphatic heterocycles. The van der Waals surface area contributed by atoms with Crippen LogP contribution in [0.25, 0.3) is 0 Å². The molecule has 0 spiro atoms. The lowest BCUT2D eigenvalue weighted by atomic mass is 9.98. The van der Waals surface area contributed by atoms with Crippen molar-refractivity contribution < 1.29 is 4.79 Å². The van der Waals surface area contributed by atoms with Gasteiger partial charge in [0.15, 0.2) is 0 Å². The third kappa shape index (κ3) is 2.18. The number of hydrogen-bond donors (Lipinski definition) is 2. The van der Waals surface area contributed by atoms with Gasteiger partial charge < -0.3 is 0 Å². The average Bonchev–Trinajstić information content (AvgIpc) is 2.65. The van der Waals surface area contributed by atoms with Crippen molar-refractivity contribution in [3.63, 3.8) is 0 Å². The Labute approximate surface area is 89.8 Å². The van der Waals surface area contributed by atoms with Crippen LogP contribution in [0.1, 0.15) is 43.4 Å². The molecule has 1 aromatic carbocycles. The van der Waals surface area contributed by atoms with E-state index in [1.54, 1.807) is 0 Å². The summed E-state index contributed by atoms with van der Waals surface area (Å²) in [5.41, 5.74) is 8.08. The second-order valence-electron chi connectivity index (χ2n) is 4.27. The highest BCUT2D eigenvalue weighted by atomic mass is 16.2. The third-order valence-electron chi connectivity index (χ3n) is 2.78. The van der Waals surface area contributed by atoms with Crippen LogP contribution >= 0.6 is 0 Å². The number of nitrogens with one attached hydrogen (secondary N) is 2. The quantitative estimate of drug-likeness (QED) is 0.772. The lowest BCUT2D eigenvalue weighted by molar-refractivity contribution is -0.119. The van der Waals surface area contributed by atoms with E-state index in [2.05, 4.69) is 49.0 Å². The van der Waals surface area contributed by atoms with E-state index >= 15 is 0 Å². The fourth-order valence-corrected chi connectivity index (χ4v) is 1.77. The number of hydrogen-bond acceptors (Lipinski definition) is 2. The summed E-state index contributed by atoms with van der Waals surface area (Å²) in [6.07, 6.45) is 0.529. The minimum atomic E-state index is 0.0629. The highest BCUT2D eigenvalue weighted by Crippen LogP contribution is 2.22. The van der Waals surface area contributed by atoms with Crippen LogP contribution in [-0.4, -0.2) is 5.91 Å². The topological polar surface area (TPSA) is 41.1 Å². The monoisotopic (exact) mass is 204 g/mol. The number of amides is 1. The van der Waals surface area contributed by atoms with E-state index in [0.29, 0.717) is 12.3 Å². The summed E-state index contributed by atoms with van der Waals surface area (Å²) in [4.78, 5) is 11.0. The fourth-order valence-electron chi connectivity index (χ4n) is 1.77. The molecule has 1 aliphatic rings. The molecular weight excluding hydrogens is 188 g/mol. The van der Waals surface area contributed by atoms with Crippen molar-refractivity contribution in [3.8, 4) is 0 Å². The molecule has 80 valence electrons. The van der Waals surface area contributed by atoms with Crippen molar-refractivity contribution in [1.82, 2.24) is 10.9 Å². The van der Waals surface area contributed by atoms with E-state index < -0.39 is 0 Å². The van der Waals surface area contributed by atoms with Crippen molar-refractivity contribution in [1.29, 1.82) is 0 Å². The van der Waals surface area contributed by atoms with Crippen molar-refractivity contribution in [2.24, 2.45) is 0 Å². The number of rotatable bonds is 2. The van der Waals surface area contributed by atoms with Gasteiger partial charge in [0.25, 0.3) is 0 Å². The van der Waals surface area contributed by atoms with Crippen molar-refractivity contribution in [3.05, 3.63) is 35.4 Å². The van der Waals surface area contributed by atoms with Crippen LogP contribution in [0, 0.1) is 0 Å². The Hall–Kier alpha value is -1.35. The molecule has 3 heteroatoms. The minimum absolute atomic E-state index is 0.0629. The van der Waals surface area contributed by atoms with Gasteiger partial charge in [0, 0.05) is 6.42 Å². The molecule has 0 aromatic heterocycles. The van der Waals surface area contributed by atoms with E-state index in [1.807, 2.05) is 0 Å². The van der Waals surface area contributed by atoms with Crippen molar-refractivity contribution in [2.75, 3.05) is 0 Å². The zero-order valence-corrected chi connectivity index (χ0v) is 9.08. The molecule has 0 bridgehead atoms. The van der Waals surface area contributed by atoms with Gasteiger partial charge in [-0.1, -0.05) is 38.1 Å². The predicted octanol–water partition coefficient (Wildman–Crippen LogP) is 1.88. The molecule has 2 N–H and O–H groups in total. The lowest BCUT2D eigenvalue weighted by Crippen LogP contribution is -2.27. The number of benzene rings is 1. The molecule has 3 nitrogen and oxygen atoms in total. The van der Waals surface area contributed by atoms with Gasteiger partial charge in [-0.15, -0.1) is 0 Å². The van der Waals surface area contributed by atoms with E-state index in [4.69, 9.17) is 0 Å². The largest absolute Gasteiger partial charge is 0.291 e. The number of carbonyl (C=O) groups is 1. The Morgan fingerprint density at radius 1 is 1.27 bits per heavy atom. The maximum atomic E-state index is 11.0. The van der Waals surface area contributed by atoms with Gasteiger partial charge >= 0.3 is 0 Å². The first-order valence-electron chi connectivity index (χ1n) is 5.31. The number of hydrazine groups is 1. The Kier molecular flexibility index (Phi) is 2.73. The first-order chi connectivity index (χ1) is 7.16. The highest BCUT2D eigenvalue weighted by Gasteiger charge is 2.22. The number of carbonyl (C=O) groups excluding carboxylic acids is 1. The maximum Gasteiger partial charge on any atom is 0.236 e. The van der Waals surface area contributed by atoms with Gasteiger partial charge in [-0.25, -0.2) is 5.43 Å². The Bertz CT molecular complexity index is 356. The molecule has 1 unspecified atom stereocenters. The molecule has 1 amide bonds. The van der Waals surface area contributed by atoms with Crippen molar-refractivity contribution in [2.45, 2.75) is 32.2 Å². The van der Waals surface area contributed by atoms with Gasteiger partial charge in [0.05, 0.1) is 6.04 Å². The smallest absolute Gasteiger partial charge is 0.236 e. The summed E-state index contributed by atoms with van der Waals surface area (Å²) in [7, 11) is 0. The van der Waals surface area contributed by atoms with Gasteiger partial charge in [-0.2, -0.15) is 0 Å². The molecule has 0 radical (unpaired) electrons. The summed E-state index contributed by atoms with van der Waals surface area (Å²) >= 11 is 0. The summed E-state index contributed by atoms with van der Waals surface area (Å²) in [5, 5.41) is 0. The summed E-state index contributed by atoms with van der Waals surface area (Å²) < 4.78 is 0. The Morgan fingerprint density at radius 2 is 1.93 bits per heavy atom. The van der Waals surface area contributed by atoms with E-state index in [1.165, 1.54) is 5.56 Å². The average molecular weight is 204 g/mol. The third-order valence-corrected chi connectivity index (χ3v) is 2.78. The molecule has 0 aliphatic carbocycles. The zero-order chi connectivity index (χ0) is 10.8. The van der Waals surface area contributed by atoms with Gasteiger partial charge in [0.1, 0.15) is 0 Å². The van der Waals surface area contributed by atoms with Crippen LogP contribution in [0.5, 0.6) is 0 Å². The van der Waals surface area contributed by atoms with E-state index in [0.717, 1.165) is 5.56 Å². The molecule has 0 saturated carbocycles. The summed E-state index contributed by atoms with van der Waals surface area (Å²) in [6.45, 7) is 4.35. The molecule has 1 fully saturated rings. The second-order valence-corrected chi connectivity index (χ2v) is 4.27. The fraction of sp³-hybridized carbons (Fsp3) is 0.417. The van der Waals surface area contributed by atoms with Gasteiger partial charge in [-0.3, -0.25) is 10.2 Å². The van der Waals surface area contributed by atoms with E-state index in [9.17, 15) is 4.79 Å². The molecular formula is C12H16N2O. The van der Waals surface area contributed by atoms with Crippen LogP contribution < -0.4 is 10.9 Å². The van der Waals surface area contributed by atoms with Gasteiger partial charge in [-0.05, 0) is 17.0 Å². The van der Waals surface area contributed by atoms with Crippen LogP contribution in [0.2, 0.25) is 0 Å². The SMILES string of the molecule is CC(C)c1ccc(C2CC(=O)NN2)cc1. The molecule has 15 heavy (non-hydrogen) atoms. The van der Waals surface area contributed by atoms with E-state index in [-0.39, 0.29) is 11.9 Å². The molecule has 1 saturated heterocycles. The molecule has 1 aromatic rings. The second kappa shape index (κ2) is 4.03. The Morgan fingerprint density at radius 3 is 2.40 bits per heavy atom. The molecule has 2 rings (SSSR count). The van der Waals surface area contributed by atoms with Crippen molar-refractivity contribution >= 4 is 5.91 Å². The van der Waals surface area contributed by atoms with Crippen LogP contribution in [0.15, 0.2) is 24.3 Å². The molecule has 1 heterocycles.